The first-order valence-electron chi connectivity index (χ1n) is 6.62. The van der Waals surface area contributed by atoms with E-state index in [-0.39, 0.29) is 11.8 Å². The molecule has 0 aromatic carbocycles. The lowest BCUT2D eigenvalue weighted by Gasteiger charge is -2.33. The molecule has 0 radical (unpaired) electrons. The molecule has 1 aliphatic heterocycles. The summed E-state index contributed by atoms with van der Waals surface area (Å²) in [5, 5.41) is 6.87. The molecule has 2 rings (SSSR count). The maximum atomic E-state index is 12.3. The second-order valence-corrected chi connectivity index (χ2v) is 7.03. The van der Waals surface area contributed by atoms with Crippen LogP contribution in [0.15, 0.2) is 12.3 Å². The highest BCUT2D eigenvalue weighted by molar-refractivity contribution is 7.88. The van der Waals surface area contributed by atoms with E-state index in [2.05, 4.69) is 14.9 Å². The van der Waals surface area contributed by atoms with Gasteiger partial charge in [-0.25, -0.2) is 13.1 Å². The number of likely N-dealkylation sites (tertiary alicyclic amines) is 1. The Bertz CT molecular complexity index is 555. The van der Waals surface area contributed by atoms with Gasteiger partial charge in [-0.3, -0.25) is 9.89 Å². The third kappa shape index (κ3) is 3.80. The summed E-state index contributed by atoms with van der Waals surface area (Å²) in [5.41, 5.74) is 1.02. The number of carbonyl (C=O) groups excluding carboxylic acids is 1. The lowest BCUT2D eigenvalue weighted by Crippen LogP contribution is -2.49. The van der Waals surface area contributed by atoms with Gasteiger partial charge in [-0.15, -0.1) is 0 Å². The molecular formula is C12H20N4O3S. The van der Waals surface area contributed by atoms with Crippen LogP contribution >= 0.6 is 0 Å². The summed E-state index contributed by atoms with van der Waals surface area (Å²) in [4.78, 5) is 14.0. The standard InChI is InChI=1S/C12H20N4O3S/c1-9(15-20(2,18)19)12(17)16-7-3-4-10(8-16)11-5-6-13-14-11/h5-6,9-10,15H,3-4,7-8H2,1-2H3,(H,13,14)/t9-,10+/m0/s1. The summed E-state index contributed by atoms with van der Waals surface area (Å²) in [7, 11) is -3.38. The average molecular weight is 300 g/mol. The predicted molar refractivity (Wildman–Crippen MR) is 74.6 cm³/mol. The molecular weight excluding hydrogens is 280 g/mol. The molecule has 0 spiro atoms. The Kier molecular flexibility index (Phi) is 4.44. The van der Waals surface area contributed by atoms with Crippen LogP contribution in [0.5, 0.6) is 0 Å². The topological polar surface area (TPSA) is 95.2 Å². The lowest BCUT2D eigenvalue weighted by molar-refractivity contribution is -0.133. The molecule has 112 valence electrons. The number of aromatic nitrogens is 2. The number of hydrogen-bond acceptors (Lipinski definition) is 4. The highest BCUT2D eigenvalue weighted by atomic mass is 32.2. The van der Waals surface area contributed by atoms with Crippen LogP contribution < -0.4 is 4.72 Å². The Morgan fingerprint density at radius 3 is 2.95 bits per heavy atom. The van der Waals surface area contributed by atoms with Crippen LogP contribution in [-0.2, 0) is 14.8 Å². The van der Waals surface area contributed by atoms with Gasteiger partial charge in [0, 0.05) is 30.9 Å². The number of H-pyrrole nitrogens is 1. The van der Waals surface area contributed by atoms with Crippen molar-refractivity contribution in [1.29, 1.82) is 0 Å². The van der Waals surface area contributed by atoms with Gasteiger partial charge in [0.2, 0.25) is 15.9 Å². The molecule has 0 bridgehead atoms. The highest BCUT2D eigenvalue weighted by Gasteiger charge is 2.29. The fourth-order valence-electron chi connectivity index (χ4n) is 2.57. The fraction of sp³-hybridized carbons (Fsp3) is 0.667. The van der Waals surface area contributed by atoms with E-state index in [1.54, 1.807) is 18.0 Å². The largest absolute Gasteiger partial charge is 0.341 e. The number of sulfonamides is 1. The second kappa shape index (κ2) is 5.92. The fourth-order valence-corrected chi connectivity index (χ4v) is 3.31. The summed E-state index contributed by atoms with van der Waals surface area (Å²) in [5.74, 6) is 0.0558. The van der Waals surface area contributed by atoms with E-state index >= 15 is 0 Å². The van der Waals surface area contributed by atoms with Gasteiger partial charge >= 0.3 is 0 Å². The normalized spacial score (nSPS) is 21.7. The van der Waals surface area contributed by atoms with Crippen LogP contribution in [0.1, 0.15) is 31.4 Å². The molecule has 1 fully saturated rings. The van der Waals surface area contributed by atoms with Crippen molar-refractivity contribution < 1.29 is 13.2 Å². The molecule has 1 saturated heterocycles. The Hall–Kier alpha value is -1.41. The van der Waals surface area contributed by atoms with E-state index in [4.69, 9.17) is 0 Å². The molecule has 0 saturated carbocycles. The maximum absolute atomic E-state index is 12.3. The number of aromatic amines is 1. The van der Waals surface area contributed by atoms with Gasteiger partial charge in [0.1, 0.15) is 0 Å². The van der Waals surface area contributed by atoms with Crippen LogP contribution in [0, 0.1) is 0 Å². The third-order valence-electron chi connectivity index (χ3n) is 3.46. The van der Waals surface area contributed by atoms with E-state index in [9.17, 15) is 13.2 Å². The van der Waals surface area contributed by atoms with E-state index in [0.717, 1.165) is 24.8 Å². The summed E-state index contributed by atoms with van der Waals surface area (Å²) in [6, 6.07) is 1.18. The molecule has 20 heavy (non-hydrogen) atoms. The van der Waals surface area contributed by atoms with Crippen molar-refractivity contribution in [2.75, 3.05) is 19.3 Å². The zero-order chi connectivity index (χ0) is 14.8. The highest BCUT2D eigenvalue weighted by Crippen LogP contribution is 2.25. The first-order valence-corrected chi connectivity index (χ1v) is 8.51. The van der Waals surface area contributed by atoms with Crippen molar-refractivity contribution in [3.8, 4) is 0 Å². The van der Waals surface area contributed by atoms with Crippen LogP contribution in [-0.4, -0.2) is 54.8 Å². The molecule has 8 heteroatoms. The van der Waals surface area contributed by atoms with E-state index < -0.39 is 16.1 Å². The molecule has 7 nitrogen and oxygen atoms in total. The SMILES string of the molecule is C[C@H](NS(C)(=O)=O)C(=O)N1CCC[C@@H](c2ccn[nH]2)C1. The summed E-state index contributed by atoms with van der Waals surface area (Å²) in [6.45, 7) is 2.83. The van der Waals surface area contributed by atoms with Crippen LogP contribution in [0.3, 0.4) is 0 Å². The number of nitrogens with zero attached hydrogens (tertiary/aromatic N) is 2. The Labute approximate surface area is 118 Å². The number of piperidine rings is 1. The van der Waals surface area contributed by atoms with Gasteiger partial charge in [-0.1, -0.05) is 0 Å². The number of amides is 1. The Balaban J connectivity index is 2.00. The van der Waals surface area contributed by atoms with Gasteiger partial charge < -0.3 is 4.90 Å². The van der Waals surface area contributed by atoms with Crippen LogP contribution in [0.25, 0.3) is 0 Å². The minimum atomic E-state index is -3.38. The van der Waals surface area contributed by atoms with Crippen molar-refractivity contribution in [3.63, 3.8) is 0 Å². The van der Waals surface area contributed by atoms with E-state index in [1.165, 1.54) is 0 Å². The minimum absolute atomic E-state index is 0.181. The quantitative estimate of drug-likeness (QED) is 0.821. The van der Waals surface area contributed by atoms with Crippen molar-refractivity contribution in [3.05, 3.63) is 18.0 Å². The molecule has 2 heterocycles. The lowest BCUT2D eigenvalue weighted by atomic mass is 9.94. The van der Waals surface area contributed by atoms with Crippen LogP contribution in [0.2, 0.25) is 0 Å². The molecule has 1 aliphatic rings. The number of rotatable bonds is 4. The second-order valence-electron chi connectivity index (χ2n) is 5.25. The van der Waals surface area contributed by atoms with E-state index in [1.807, 2.05) is 6.07 Å². The molecule has 1 aromatic heterocycles. The monoisotopic (exact) mass is 300 g/mol. The first-order chi connectivity index (χ1) is 9.37. The minimum Gasteiger partial charge on any atom is -0.341 e. The molecule has 0 unspecified atom stereocenters. The third-order valence-corrected chi connectivity index (χ3v) is 4.24. The number of hydrogen-bond donors (Lipinski definition) is 2. The molecule has 1 amide bonds. The van der Waals surface area contributed by atoms with Gasteiger partial charge in [-0.05, 0) is 25.8 Å². The number of carbonyl (C=O) groups is 1. The maximum Gasteiger partial charge on any atom is 0.240 e. The zero-order valence-electron chi connectivity index (χ0n) is 11.7. The molecule has 0 aliphatic carbocycles. The summed E-state index contributed by atoms with van der Waals surface area (Å²) in [6.07, 6.45) is 4.66. The molecule has 2 atom stereocenters. The molecule has 1 aromatic rings. The predicted octanol–water partition coefficient (Wildman–Crippen LogP) is 0.0534. The summed E-state index contributed by atoms with van der Waals surface area (Å²) < 4.78 is 24.7. The zero-order valence-corrected chi connectivity index (χ0v) is 12.5. The summed E-state index contributed by atoms with van der Waals surface area (Å²) >= 11 is 0. The molecule has 2 N–H and O–H groups in total. The smallest absolute Gasteiger partial charge is 0.240 e. The number of nitrogens with one attached hydrogen (secondary N) is 2. The van der Waals surface area contributed by atoms with Gasteiger partial charge in [-0.2, -0.15) is 5.10 Å². The van der Waals surface area contributed by atoms with Crippen molar-refractivity contribution >= 4 is 15.9 Å². The van der Waals surface area contributed by atoms with Crippen LogP contribution in [0.4, 0.5) is 0 Å². The van der Waals surface area contributed by atoms with Gasteiger partial charge in [0.25, 0.3) is 0 Å². The average Bonchev–Trinajstić information content (AvgIpc) is 2.90. The Morgan fingerprint density at radius 2 is 2.35 bits per heavy atom. The first kappa shape index (κ1) is 15.0. The Morgan fingerprint density at radius 1 is 1.60 bits per heavy atom. The van der Waals surface area contributed by atoms with Crippen molar-refractivity contribution in [2.45, 2.75) is 31.7 Å². The van der Waals surface area contributed by atoms with Gasteiger partial charge in [0.05, 0.1) is 12.3 Å². The van der Waals surface area contributed by atoms with Gasteiger partial charge in [0.15, 0.2) is 0 Å². The van der Waals surface area contributed by atoms with Crippen molar-refractivity contribution in [2.24, 2.45) is 0 Å². The van der Waals surface area contributed by atoms with E-state index in [0.29, 0.717) is 13.1 Å². The van der Waals surface area contributed by atoms with Crippen molar-refractivity contribution in [1.82, 2.24) is 19.8 Å².